The van der Waals surface area contributed by atoms with Crippen molar-refractivity contribution in [2.45, 2.75) is 13.5 Å². The van der Waals surface area contributed by atoms with Crippen molar-refractivity contribution < 1.29 is 9.13 Å². The van der Waals surface area contributed by atoms with Crippen molar-refractivity contribution in [3.63, 3.8) is 0 Å². The quantitative estimate of drug-likeness (QED) is 0.907. The molecule has 2 rings (SSSR count). The number of ether oxygens (including phenoxy) is 1. The van der Waals surface area contributed by atoms with Crippen LogP contribution >= 0.6 is 11.3 Å². The molecule has 0 radical (unpaired) electrons. The van der Waals surface area contributed by atoms with Crippen LogP contribution in [0.25, 0.3) is 0 Å². The molecular formula is C12H13FN2OS. The highest BCUT2D eigenvalue weighted by atomic mass is 32.1. The predicted molar refractivity (Wildman–Crippen MR) is 67.1 cm³/mol. The lowest BCUT2D eigenvalue weighted by Gasteiger charge is -2.07. The van der Waals surface area contributed by atoms with Crippen molar-refractivity contribution in [1.29, 1.82) is 0 Å². The van der Waals surface area contributed by atoms with Gasteiger partial charge in [-0.3, -0.25) is 0 Å². The van der Waals surface area contributed by atoms with Crippen molar-refractivity contribution in [2.24, 2.45) is 0 Å². The van der Waals surface area contributed by atoms with E-state index in [4.69, 9.17) is 4.74 Å². The Morgan fingerprint density at radius 2 is 2.29 bits per heavy atom. The number of thiazole rings is 1. The monoisotopic (exact) mass is 252 g/mol. The Hall–Kier alpha value is -1.62. The lowest BCUT2D eigenvalue weighted by atomic mass is 10.3. The summed E-state index contributed by atoms with van der Waals surface area (Å²) >= 11 is 1.56. The Balaban J connectivity index is 2.04. The average Bonchev–Trinajstić information content (AvgIpc) is 2.73. The van der Waals surface area contributed by atoms with E-state index in [9.17, 15) is 4.39 Å². The Kier molecular flexibility index (Phi) is 3.58. The third-order valence-electron chi connectivity index (χ3n) is 2.27. The Labute approximate surface area is 103 Å². The van der Waals surface area contributed by atoms with Crippen molar-refractivity contribution in [3.8, 4) is 5.75 Å². The van der Waals surface area contributed by atoms with E-state index in [0.717, 1.165) is 10.7 Å². The molecule has 3 nitrogen and oxygen atoms in total. The zero-order valence-corrected chi connectivity index (χ0v) is 10.5. The van der Waals surface area contributed by atoms with E-state index in [1.807, 2.05) is 12.3 Å². The number of nitrogens with zero attached hydrogens (tertiary/aromatic N) is 1. The van der Waals surface area contributed by atoms with E-state index in [2.05, 4.69) is 10.3 Å². The SMILES string of the molecule is COc1ccc(NCc2nc(C)cs2)c(F)c1. The Bertz CT molecular complexity index is 513. The number of methoxy groups -OCH3 is 1. The molecule has 0 atom stereocenters. The van der Waals surface area contributed by atoms with Crippen LogP contribution in [0.4, 0.5) is 10.1 Å². The number of aryl methyl sites for hydroxylation is 1. The summed E-state index contributed by atoms with van der Waals surface area (Å²) in [5, 5.41) is 5.93. The molecule has 0 unspecified atom stereocenters. The predicted octanol–water partition coefficient (Wildman–Crippen LogP) is 3.21. The molecule has 0 aliphatic heterocycles. The fourth-order valence-corrected chi connectivity index (χ4v) is 2.13. The molecule has 1 aromatic heterocycles. The van der Waals surface area contributed by atoms with Crippen LogP contribution < -0.4 is 10.1 Å². The summed E-state index contributed by atoms with van der Waals surface area (Å²) in [6.07, 6.45) is 0. The average molecular weight is 252 g/mol. The van der Waals surface area contributed by atoms with Gasteiger partial charge in [0, 0.05) is 17.1 Å². The Morgan fingerprint density at radius 3 is 2.88 bits per heavy atom. The van der Waals surface area contributed by atoms with Crippen LogP contribution in [-0.2, 0) is 6.54 Å². The summed E-state index contributed by atoms with van der Waals surface area (Å²) < 4.78 is 18.5. The molecule has 0 aliphatic rings. The lowest BCUT2D eigenvalue weighted by Crippen LogP contribution is -2.01. The maximum absolute atomic E-state index is 13.6. The van der Waals surface area contributed by atoms with Gasteiger partial charge in [-0.2, -0.15) is 0 Å². The number of aromatic nitrogens is 1. The van der Waals surface area contributed by atoms with E-state index >= 15 is 0 Å². The topological polar surface area (TPSA) is 34.1 Å². The zero-order chi connectivity index (χ0) is 12.3. The van der Waals surface area contributed by atoms with Gasteiger partial charge < -0.3 is 10.1 Å². The molecule has 0 spiro atoms. The molecule has 0 amide bonds. The number of rotatable bonds is 4. The number of halogens is 1. The second kappa shape index (κ2) is 5.14. The highest BCUT2D eigenvalue weighted by Gasteiger charge is 2.04. The fourth-order valence-electron chi connectivity index (χ4n) is 1.42. The Morgan fingerprint density at radius 1 is 1.47 bits per heavy atom. The maximum atomic E-state index is 13.6. The van der Waals surface area contributed by atoms with Gasteiger partial charge in [-0.25, -0.2) is 9.37 Å². The summed E-state index contributed by atoms with van der Waals surface area (Å²) in [6.45, 7) is 2.47. The minimum Gasteiger partial charge on any atom is -0.497 e. The first-order chi connectivity index (χ1) is 8.19. The summed E-state index contributed by atoms with van der Waals surface area (Å²) in [5.41, 5.74) is 1.45. The molecule has 1 aromatic carbocycles. The van der Waals surface area contributed by atoms with Crippen LogP contribution in [0.2, 0.25) is 0 Å². The molecule has 0 saturated heterocycles. The molecule has 90 valence electrons. The van der Waals surface area contributed by atoms with Gasteiger partial charge in [0.15, 0.2) is 0 Å². The van der Waals surface area contributed by atoms with Gasteiger partial charge in [0.2, 0.25) is 0 Å². The van der Waals surface area contributed by atoms with E-state index in [0.29, 0.717) is 18.0 Å². The fraction of sp³-hybridized carbons (Fsp3) is 0.250. The first-order valence-electron chi connectivity index (χ1n) is 5.17. The molecular weight excluding hydrogens is 239 g/mol. The number of hydrogen-bond acceptors (Lipinski definition) is 4. The van der Waals surface area contributed by atoms with Gasteiger partial charge in [0.05, 0.1) is 19.3 Å². The smallest absolute Gasteiger partial charge is 0.149 e. The maximum Gasteiger partial charge on any atom is 0.149 e. The number of anilines is 1. The molecule has 0 aliphatic carbocycles. The molecule has 0 bridgehead atoms. The minimum atomic E-state index is -0.322. The normalized spacial score (nSPS) is 10.3. The highest BCUT2D eigenvalue weighted by molar-refractivity contribution is 7.09. The van der Waals surface area contributed by atoms with Crippen LogP contribution in [0, 0.1) is 12.7 Å². The van der Waals surface area contributed by atoms with Gasteiger partial charge in [-0.1, -0.05) is 0 Å². The summed E-state index contributed by atoms with van der Waals surface area (Å²) in [6, 6.07) is 4.74. The molecule has 0 fully saturated rings. The van der Waals surface area contributed by atoms with Crippen LogP contribution in [-0.4, -0.2) is 12.1 Å². The van der Waals surface area contributed by atoms with Gasteiger partial charge in [-0.05, 0) is 19.1 Å². The van der Waals surface area contributed by atoms with Crippen LogP contribution in [0.15, 0.2) is 23.6 Å². The molecule has 2 aromatic rings. The summed E-state index contributed by atoms with van der Waals surface area (Å²) in [4.78, 5) is 4.30. The highest BCUT2D eigenvalue weighted by Crippen LogP contribution is 2.21. The van der Waals surface area contributed by atoms with Crippen molar-refractivity contribution in [3.05, 3.63) is 40.1 Å². The zero-order valence-electron chi connectivity index (χ0n) is 9.66. The van der Waals surface area contributed by atoms with Crippen LogP contribution in [0.1, 0.15) is 10.7 Å². The lowest BCUT2D eigenvalue weighted by molar-refractivity contribution is 0.411. The molecule has 17 heavy (non-hydrogen) atoms. The molecule has 1 N–H and O–H groups in total. The largest absolute Gasteiger partial charge is 0.497 e. The van der Waals surface area contributed by atoms with Crippen LogP contribution in [0.5, 0.6) is 5.75 Å². The third kappa shape index (κ3) is 2.94. The van der Waals surface area contributed by atoms with E-state index in [-0.39, 0.29) is 5.82 Å². The van der Waals surface area contributed by atoms with E-state index in [1.54, 1.807) is 23.5 Å². The van der Waals surface area contributed by atoms with E-state index in [1.165, 1.54) is 13.2 Å². The minimum absolute atomic E-state index is 0.322. The van der Waals surface area contributed by atoms with Crippen molar-refractivity contribution in [2.75, 3.05) is 12.4 Å². The molecule has 0 saturated carbocycles. The summed E-state index contributed by atoms with van der Waals surface area (Å²) in [5.74, 6) is 0.191. The van der Waals surface area contributed by atoms with Gasteiger partial charge >= 0.3 is 0 Å². The van der Waals surface area contributed by atoms with Crippen molar-refractivity contribution >= 4 is 17.0 Å². The number of benzene rings is 1. The van der Waals surface area contributed by atoms with Gasteiger partial charge in [0.1, 0.15) is 16.6 Å². The van der Waals surface area contributed by atoms with Gasteiger partial charge in [0.25, 0.3) is 0 Å². The van der Waals surface area contributed by atoms with Crippen molar-refractivity contribution in [1.82, 2.24) is 4.98 Å². The van der Waals surface area contributed by atoms with Gasteiger partial charge in [-0.15, -0.1) is 11.3 Å². The first kappa shape index (κ1) is 11.9. The second-order valence-electron chi connectivity index (χ2n) is 3.58. The standard InChI is InChI=1S/C12H13FN2OS/c1-8-7-17-12(15-8)6-14-11-4-3-9(16-2)5-10(11)13/h3-5,7,14H,6H2,1-2H3. The summed E-state index contributed by atoms with van der Waals surface area (Å²) in [7, 11) is 1.51. The molecule has 5 heteroatoms. The second-order valence-corrected chi connectivity index (χ2v) is 4.52. The third-order valence-corrected chi connectivity index (χ3v) is 3.24. The van der Waals surface area contributed by atoms with Crippen LogP contribution in [0.3, 0.4) is 0 Å². The first-order valence-corrected chi connectivity index (χ1v) is 6.05. The molecule has 1 heterocycles. The van der Waals surface area contributed by atoms with E-state index < -0.39 is 0 Å². The number of nitrogens with one attached hydrogen (secondary N) is 1. The number of hydrogen-bond donors (Lipinski definition) is 1.